The molecule has 0 spiro atoms. The number of nitrogens with zero attached hydrogens (tertiary/aromatic N) is 3. The minimum absolute atomic E-state index is 0.359. The monoisotopic (exact) mass is 216 g/mol. The van der Waals surface area contributed by atoms with E-state index >= 15 is 0 Å². The van der Waals surface area contributed by atoms with E-state index in [0.29, 0.717) is 21.5 Å². The van der Waals surface area contributed by atoms with Gasteiger partial charge in [0.1, 0.15) is 5.02 Å². The first-order valence-electron chi connectivity index (χ1n) is 3.39. The molecule has 0 amide bonds. The number of halogens is 1. The third-order valence-corrected chi connectivity index (χ3v) is 2.09. The van der Waals surface area contributed by atoms with Crippen molar-refractivity contribution in [3.8, 4) is 6.01 Å². The Morgan fingerprint density at radius 2 is 2.46 bits per heavy atom. The number of rotatable bonds is 1. The van der Waals surface area contributed by atoms with Crippen LogP contribution in [0.2, 0.25) is 5.02 Å². The second-order valence-corrected chi connectivity index (χ2v) is 3.07. The highest BCUT2D eigenvalue weighted by atomic mass is 35.5. The van der Waals surface area contributed by atoms with E-state index in [4.69, 9.17) is 28.6 Å². The maximum Gasteiger partial charge on any atom is 0.304 e. The molecule has 0 fully saturated rings. The van der Waals surface area contributed by atoms with Crippen molar-refractivity contribution in [3.05, 3.63) is 16.0 Å². The van der Waals surface area contributed by atoms with Crippen LogP contribution in [-0.4, -0.2) is 26.7 Å². The Morgan fingerprint density at radius 1 is 1.69 bits per heavy atom. The zero-order chi connectivity index (χ0) is 9.42. The number of ether oxygens (including phenoxy) is 1. The predicted molar refractivity (Wildman–Crippen MR) is 49.7 cm³/mol. The lowest BCUT2D eigenvalue weighted by Gasteiger charge is -2.00. The van der Waals surface area contributed by atoms with E-state index in [-0.39, 0.29) is 0 Å². The standard InChI is InChI=1S/C6H5ClN4OS/c1-12-5-8-2-3(7)4-9-10-6(13)11(4)5/h2H,1H3,(H,10,13). The van der Waals surface area contributed by atoms with Crippen LogP contribution >= 0.6 is 23.8 Å². The van der Waals surface area contributed by atoms with Gasteiger partial charge >= 0.3 is 6.01 Å². The second-order valence-electron chi connectivity index (χ2n) is 2.28. The van der Waals surface area contributed by atoms with Gasteiger partial charge in [0, 0.05) is 0 Å². The van der Waals surface area contributed by atoms with Crippen LogP contribution in [0.5, 0.6) is 6.01 Å². The molecular weight excluding hydrogens is 212 g/mol. The van der Waals surface area contributed by atoms with Crippen LogP contribution in [-0.2, 0) is 0 Å². The van der Waals surface area contributed by atoms with Crippen LogP contribution < -0.4 is 4.74 Å². The van der Waals surface area contributed by atoms with E-state index in [0.717, 1.165) is 0 Å². The highest BCUT2D eigenvalue weighted by Gasteiger charge is 2.08. The van der Waals surface area contributed by atoms with E-state index in [1.165, 1.54) is 17.7 Å². The molecule has 0 aliphatic carbocycles. The Bertz CT molecular complexity index is 505. The van der Waals surface area contributed by atoms with Gasteiger partial charge in [-0.25, -0.2) is 9.38 Å². The van der Waals surface area contributed by atoms with Crippen molar-refractivity contribution in [2.24, 2.45) is 0 Å². The highest BCUT2D eigenvalue weighted by Crippen LogP contribution is 2.18. The van der Waals surface area contributed by atoms with Crippen molar-refractivity contribution in [2.45, 2.75) is 0 Å². The van der Waals surface area contributed by atoms with Crippen LogP contribution in [0.4, 0.5) is 0 Å². The van der Waals surface area contributed by atoms with E-state index < -0.39 is 0 Å². The lowest BCUT2D eigenvalue weighted by molar-refractivity contribution is 0.373. The number of hydrogen-bond acceptors (Lipinski definition) is 4. The van der Waals surface area contributed by atoms with Crippen LogP contribution in [0.1, 0.15) is 0 Å². The van der Waals surface area contributed by atoms with Gasteiger partial charge in [-0.3, -0.25) is 5.10 Å². The minimum Gasteiger partial charge on any atom is -0.468 e. The maximum absolute atomic E-state index is 5.83. The van der Waals surface area contributed by atoms with Crippen LogP contribution in [0.15, 0.2) is 6.20 Å². The molecule has 0 atom stereocenters. The summed E-state index contributed by atoms with van der Waals surface area (Å²) < 4.78 is 6.92. The van der Waals surface area contributed by atoms with Gasteiger partial charge in [0.05, 0.1) is 13.3 Å². The molecule has 2 aromatic heterocycles. The number of aromatic nitrogens is 4. The van der Waals surface area contributed by atoms with Gasteiger partial charge in [-0.15, -0.1) is 0 Å². The van der Waals surface area contributed by atoms with Crippen molar-refractivity contribution < 1.29 is 4.74 Å². The van der Waals surface area contributed by atoms with Crippen molar-refractivity contribution in [2.75, 3.05) is 7.11 Å². The molecule has 1 N–H and O–H groups in total. The van der Waals surface area contributed by atoms with Gasteiger partial charge in [0.25, 0.3) is 0 Å². The molecular formula is C6H5ClN4OS. The average Bonchev–Trinajstić information content (AvgIpc) is 2.51. The molecule has 0 saturated carbocycles. The van der Waals surface area contributed by atoms with Gasteiger partial charge in [-0.05, 0) is 12.2 Å². The van der Waals surface area contributed by atoms with E-state index in [9.17, 15) is 0 Å². The molecule has 0 bridgehead atoms. The summed E-state index contributed by atoms with van der Waals surface area (Å²) in [5, 5.41) is 6.95. The van der Waals surface area contributed by atoms with Gasteiger partial charge < -0.3 is 4.74 Å². The number of H-pyrrole nitrogens is 1. The van der Waals surface area contributed by atoms with Gasteiger partial charge in [-0.1, -0.05) is 11.6 Å². The summed E-state index contributed by atoms with van der Waals surface area (Å²) in [7, 11) is 1.50. The first-order chi connectivity index (χ1) is 6.24. The van der Waals surface area contributed by atoms with Crippen molar-refractivity contribution in [3.63, 3.8) is 0 Å². The zero-order valence-corrected chi connectivity index (χ0v) is 8.19. The summed E-state index contributed by atoms with van der Waals surface area (Å²) in [6.45, 7) is 0. The number of methoxy groups -OCH3 is 1. The molecule has 0 aliphatic heterocycles. The molecule has 2 heterocycles. The molecule has 2 rings (SSSR count). The summed E-state index contributed by atoms with van der Waals surface area (Å²) in [6.07, 6.45) is 1.46. The molecule has 0 unspecified atom stereocenters. The molecule has 7 heteroatoms. The Morgan fingerprint density at radius 3 is 3.15 bits per heavy atom. The Hall–Kier alpha value is -1.14. The number of hydrogen-bond donors (Lipinski definition) is 1. The summed E-state index contributed by atoms with van der Waals surface area (Å²) in [5.41, 5.74) is 0.513. The maximum atomic E-state index is 5.83. The fourth-order valence-corrected chi connectivity index (χ4v) is 1.39. The lowest BCUT2D eigenvalue weighted by atomic mass is 10.6. The predicted octanol–water partition coefficient (Wildman–Crippen LogP) is 1.45. The topological polar surface area (TPSA) is 55.2 Å². The van der Waals surface area contributed by atoms with Crippen LogP contribution in [0.25, 0.3) is 5.65 Å². The second kappa shape index (κ2) is 2.97. The fraction of sp³-hybridized carbons (Fsp3) is 0.167. The summed E-state index contributed by atoms with van der Waals surface area (Å²) >= 11 is 10.8. The van der Waals surface area contributed by atoms with E-state index in [2.05, 4.69) is 15.2 Å². The summed E-state index contributed by atoms with van der Waals surface area (Å²) in [6, 6.07) is 0.359. The van der Waals surface area contributed by atoms with Crippen molar-refractivity contribution in [1.82, 2.24) is 19.6 Å². The molecule has 0 saturated heterocycles. The molecule has 2 aromatic rings. The Labute approximate surface area is 83.3 Å². The average molecular weight is 217 g/mol. The largest absolute Gasteiger partial charge is 0.468 e. The van der Waals surface area contributed by atoms with E-state index in [1.54, 1.807) is 0 Å². The Balaban J connectivity index is 2.97. The van der Waals surface area contributed by atoms with Gasteiger partial charge in [0.15, 0.2) is 5.65 Å². The van der Waals surface area contributed by atoms with Crippen molar-refractivity contribution in [1.29, 1.82) is 0 Å². The SMILES string of the molecule is COc1ncc(Cl)c2n[nH]c(=S)n12. The highest BCUT2D eigenvalue weighted by molar-refractivity contribution is 7.71. The third-order valence-electron chi connectivity index (χ3n) is 1.55. The lowest BCUT2D eigenvalue weighted by Crippen LogP contribution is -1.97. The first-order valence-corrected chi connectivity index (χ1v) is 4.18. The van der Waals surface area contributed by atoms with Crippen molar-refractivity contribution >= 4 is 29.5 Å². The molecule has 0 radical (unpaired) electrons. The third kappa shape index (κ3) is 1.18. The van der Waals surface area contributed by atoms with Crippen LogP contribution in [0.3, 0.4) is 0 Å². The number of aromatic amines is 1. The smallest absolute Gasteiger partial charge is 0.304 e. The number of fused-ring (bicyclic) bond motifs is 1. The minimum atomic E-state index is 0.359. The van der Waals surface area contributed by atoms with E-state index in [1.807, 2.05) is 0 Å². The fourth-order valence-electron chi connectivity index (χ4n) is 1.01. The molecule has 5 nitrogen and oxygen atoms in total. The normalized spacial score (nSPS) is 10.6. The Kier molecular flexibility index (Phi) is 1.93. The van der Waals surface area contributed by atoms with Gasteiger partial charge in [-0.2, -0.15) is 5.10 Å². The zero-order valence-electron chi connectivity index (χ0n) is 6.61. The van der Waals surface area contributed by atoms with Gasteiger partial charge in [0.2, 0.25) is 4.77 Å². The summed E-state index contributed by atoms with van der Waals surface area (Å²) in [4.78, 5) is 3.94. The molecule has 0 aliphatic rings. The molecule has 68 valence electrons. The first kappa shape index (κ1) is 8.46. The molecule has 0 aromatic carbocycles. The quantitative estimate of drug-likeness (QED) is 0.734. The number of nitrogens with one attached hydrogen (secondary N) is 1. The molecule has 13 heavy (non-hydrogen) atoms. The van der Waals surface area contributed by atoms with Crippen LogP contribution in [0, 0.1) is 4.77 Å². The summed E-state index contributed by atoms with van der Waals surface area (Å²) in [5.74, 6) is 0.